The summed E-state index contributed by atoms with van der Waals surface area (Å²) in [5.74, 6) is -1.82. The van der Waals surface area contributed by atoms with E-state index in [2.05, 4.69) is 15.8 Å². The molecule has 0 radical (unpaired) electrons. The lowest BCUT2D eigenvalue weighted by Gasteiger charge is -2.04. The maximum absolute atomic E-state index is 12.3. The van der Waals surface area contributed by atoms with Crippen molar-refractivity contribution in [1.29, 1.82) is 0 Å². The van der Waals surface area contributed by atoms with Gasteiger partial charge in [0.25, 0.3) is 0 Å². The summed E-state index contributed by atoms with van der Waals surface area (Å²) in [6, 6.07) is 13.8. The summed E-state index contributed by atoms with van der Waals surface area (Å²) in [5.41, 5.74) is 3.93. The second kappa shape index (κ2) is 7.43. The van der Waals surface area contributed by atoms with Crippen molar-refractivity contribution in [2.45, 2.75) is 6.92 Å². The summed E-state index contributed by atoms with van der Waals surface area (Å²) >= 11 is 0. The zero-order valence-corrected chi connectivity index (χ0v) is 13.9. The van der Waals surface area contributed by atoms with E-state index in [0.717, 1.165) is 11.8 Å². The smallest absolute Gasteiger partial charge is 0.329 e. The molecule has 26 heavy (non-hydrogen) atoms. The normalized spacial score (nSPS) is 10.8. The lowest BCUT2D eigenvalue weighted by atomic mass is 10.2. The number of anilines is 1. The molecule has 0 aliphatic heterocycles. The average Bonchev–Trinajstić information content (AvgIpc) is 2.65. The second-order valence-electron chi connectivity index (χ2n) is 5.54. The van der Waals surface area contributed by atoms with E-state index in [1.54, 1.807) is 36.4 Å². The minimum absolute atomic E-state index is 0.156. The van der Waals surface area contributed by atoms with Crippen molar-refractivity contribution >= 4 is 34.7 Å². The van der Waals surface area contributed by atoms with E-state index in [4.69, 9.17) is 4.42 Å². The first-order valence-corrected chi connectivity index (χ1v) is 7.76. The first-order chi connectivity index (χ1) is 12.5. The molecule has 0 aliphatic carbocycles. The molecule has 130 valence electrons. The minimum atomic E-state index is -0.952. The van der Waals surface area contributed by atoms with E-state index >= 15 is 0 Å². The molecule has 2 N–H and O–H groups in total. The van der Waals surface area contributed by atoms with Crippen LogP contribution in [0.3, 0.4) is 0 Å². The van der Waals surface area contributed by atoms with Gasteiger partial charge in [0.05, 0.1) is 17.2 Å². The zero-order chi connectivity index (χ0) is 18.5. The van der Waals surface area contributed by atoms with Crippen molar-refractivity contribution < 1.29 is 14.0 Å². The van der Waals surface area contributed by atoms with Crippen LogP contribution in [0.4, 0.5) is 5.69 Å². The molecule has 7 nitrogen and oxygen atoms in total. The number of hydrogen-bond acceptors (Lipinski definition) is 5. The van der Waals surface area contributed by atoms with Crippen molar-refractivity contribution in [3.63, 3.8) is 0 Å². The Balaban J connectivity index is 1.65. The van der Waals surface area contributed by atoms with Crippen molar-refractivity contribution in [2.24, 2.45) is 5.10 Å². The van der Waals surface area contributed by atoms with Crippen LogP contribution in [0.2, 0.25) is 0 Å². The number of nitrogens with zero attached hydrogens (tertiary/aromatic N) is 1. The van der Waals surface area contributed by atoms with E-state index < -0.39 is 11.8 Å². The van der Waals surface area contributed by atoms with Crippen LogP contribution in [0.25, 0.3) is 11.0 Å². The topological polar surface area (TPSA) is 101 Å². The summed E-state index contributed by atoms with van der Waals surface area (Å²) in [6.07, 6.45) is 2.38. The molecule has 1 heterocycles. The van der Waals surface area contributed by atoms with E-state index in [9.17, 15) is 14.4 Å². The van der Waals surface area contributed by atoms with Crippen LogP contribution >= 0.6 is 0 Å². The Hall–Kier alpha value is -3.74. The Bertz CT molecular complexity index is 1050. The van der Waals surface area contributed by atoms with Crippen molar-refractivity contribution in [3.8, 4) is 0 Å². The highest BCUT2D eigenvalue weighted by Crippen LogP contribution is 2.09. The van der Waals surface area contributed by atoms with Crippen LogP contribution < -0.4 is 16.2 Å². The number of fused-ring (bicyclic) bond motifs is 1. The zero-order valence-electron chi connectivity index (χ0n) is 13.9. The van der Waals surface area contributed by atoms with E-state index in [1.807, 2.05) is 19.1 Å². The number of carbonyl (C=O) groups excluding carboxylic acids is 2. The average molecular weight is 349 g/mol. The largest absolute Gasteiger partial charge is 0.463 e. The van der Waals surface area contributed by atoms with Gasteiger partial charge in [0.2, 0.25) is 5.43 Å². The molecule has 0 spiro atoms. The molecule has 7 heteroatoms. The molecular weight excluding hydrogens is 334 g/mol. The molecule has 0 saturated carbocycles. The summed E-state index contributed by atoms with van der Waals surface area (Å²) in [5, 5.41) is 6.49. The number of amides is 2. The van der Waals surface area contributed by atoms with Gasteiger partial charge in [-0.25, -0.2) is 5.43 Å². The molecular formula is C19H15N3O4. The molecule has 0 bridgehead atoms. The van der Waals surface area contributed by atoms with Gasteiger partial charge >= 0.3 is 11.8 Å². The molecule has 2 amide bonds. The third-order valence-electron chi connectivity index (χ3n) is 3.59. The van der Waals surface area contributed by atoms with Crippen LogP contribution in [-0.2, 0) is 9.59 Å². The Morgan fingerprint density at radius 1 is 1.04 bits per heavy atom. The van der Waals surface area contributed by atoms with Crippen LogP contribution in [0.1, 0.15) is 11.1 Å². The fraction of sp³-hybridized carbons (Fsp3) is 0.0526. The van der Waals surface area contributed by atoms with Gasteiger partial charge in [-0.05, 0) is 31.2 Å². The molecule has 3 rings (SSSR count). The molecule has 0 fully saturated rings. The van der Waals surface area contributed by atoms with Crippen LogP contribution in [0.15, 0.2) is 69.1 Å². The van der Waals surface area contributed by atoms with Gasteiger partial charge in [0, 0.05) is 5.69 Å². The highest BCUT2D eigenvalue weighted by atomic mass is 16.3. The maximum Gasteiger partial charge on any atom is 0.329 e. The van der Waals surface area contributed by atoms with E-state index in [1.165, 1.54) is 6.26 Å². The second-order valence-corrected chi connectivity index (χ2v) is 5.54. The molecule has 1 aromatic heterocycles. The number of nitrogens with one attached hydrogen (secondary N) is 2. The number of hydrazone groups is 1. The van der Waals surface area contributed by atoms with Crippen molar-refractivity contribution in [3.05, 3.63) is 76.1 Å². The summed E-state index contributed by atoms with van der Waals surface area (Å²) in [4.78, 5) is 35.8. The lowest BCUT2D eigenvalue weighted by molar-refractivity contribution is -0.136. The monoisotopic (exact) mass is 349 g/mol. The summed E-state index contributed by atoms with van der Waals surface area (Å²) in [7, 11) is 0. The first kappa shape index (κ1) is 17.1. The third-order valence-corrected chi connectivity index (χ3v) is 3.59. The first-order valence-electron chi connectivity index (χ1n) is 7.76. The Morgan fingerprint density at radius 3 is 2.54 bits per heavy atom. The van der Waals surface area contributed by atoms with Gasteiger partial charge in [0.15, 0.2) is 0 Å². The standard InChI is InChI=1S/C19H15N3O4/c1-12-6-8-14(9-7-12)21-18(24)19(25)22-20-10-13-11-26-16-5-3-2-4-15(16)17(13)23/h2-11H,1H3,(H,21,24)(H,22,25)/b20-10-. The summed E-state index contributed by atoms with van der Waals surface area (Å²) in [6.45, 7) is 1.91. The van der Waals surface area contributed by atoms with Gasteiger partial charge < -0.3 is 9.73 Å². The van der Waals surface area contributed by atoms with Crippen molar-refractivity contribution in [1.82, 2.24) is 5.43 Å². The van der Waals surface area contributed by atoms with Gasteiger partial charge in [0.1, 0.15) is 11.8 Å². The number of rotatable bonds is 3. The van der Waals surface area contributed by atoms with Crippen LogP contribution in [0.5, 0.6) is 0 Å². The fourth-order valence-corrected chi connectivity index (χ4v) is 2.22. The molecule has 3 aromatic rings. The fourth-order valence-electron chi connectivity index (χ4n) is 2.22. The molecule has 0 unspecified atom stereocenters. The Labute approximate surface area is 148 Å². The van der Waals surface area contributed by atoms with E-state index in [0.29, 0.717) is 16.7 Å². The van der Waals surface area contributed by atoms with E-state index in [-0.39, 0.29) is 11.0 Å². The predicted molar refractivity (Wildman–Crippen MR) is 98.0 cm³/mol. The Morgan fingerprint density at radius 2 is 1.77 bits per heavy atom. The lowest BCUT2D eigenvalue weighted by Crippen LogP contribution is -2.32. The SMILES string of the molecule is Cc1ccc(NC(=O)C(=O)N/N=C\c2coc3ccccc3c2=O)cc1. The van der Waals surface area contributed by atoms with Gasteiger partial charge in [-0.2, -0.15) is 5.10 Å². The number of hydrogen-bond donors (Lipinski definition) is 2. The number of benzene rings is 2. The minimum Gasteiger partial charge on any atom is -0.463 e. The number of para-hydroxylation sites is 1. The highest BCUT2D eigenvalue weighted by Gasteiger charge is 2.13. The Kier molecular flexibility index (Phi) is 4.89. The van der Waals surface area contributed by atoms with Gasteiger partial charge in [-0.1, -0.05) is 29.8 Å². The van der Waals surface area contributed by atoms with Gasteiger partial charge in [-0.15, -0.1) is 0 Å². The highest BCUT2D eigenvalue weighted by molar-refractivity contribution is 6.39. The van der Waals surface area contributed by atoms with Gasteiger partial charge in [-0.3, -0.25) is 14.4 Å². The molecule has 0 saturated heterocycles. The summed E-state index contributed by atoms with van der Waals surface area (Å²) < 4.78 is 5.33. The third kappa shape index (κ3) is 3.84. The quantitative estimate of drug-likeness (QED) is 0.430. The van der Waals surface area contributed by atoms with Crippen molar-refractivity contribution in [2.75, 3.05) is 5.32 Å². The molecule has 0 aliphatic rings. The number of aryl methyl sites for hydroxylation is 1. The molecule has 2 aromatic carbocycles. The van der Waals surface area contributed by atoms with Crippen LogP contribution in [0, 0.1) is 6.92 Å². The van der Waals surface area contributed by atoms with Crippen LogP contribution in [-0.4, -0.2) is 18.0 Å². The number of carbonyl (C=O) groups is 2. The maximum atomic E-state index is 12.3. The predicted octanol–water partition coefficient (Wildman–Crippen LogP) is 2.19. The molecule has 0 atom stereocenters.